The molecule has 0 fully saturated rings. The molecule has 0 bridgehead atoms. The maximum Gasteiger partial charge on any atom is 0.408 e. The van der Waals surface area contributed by atoms with Crippen LogP contribution in [-0.4, -0.2) is 50.4 Å². The van der Waals surface area contributed by atoms with E-state index in [0.717, 1.165) is 22.0 Å². The summed E-state index contributed by atoms with van der Waals surface area (Å²) in [5.41, 5.74) is 9.14. The Morgan fingerprint density at radius 2 is 1.94 bits per heavy atom. The zero-order valence-electron chi connectivity index (χ0n) is 19.4. The topological polar surface area (TPSA) is 134 Å². The van der Waals surface area contributed by atoms with Crippen molar-refractivity contribution in [2.24, 2.45) is 0 Å². The van der Waals surface area contributed by atoms with E-state index in [9.17, 15) is 9.59 Å². The van der Waals surface area contributed by atoms with Crippen LogP contribution in [0.3, 0.4) is 0 Å². The van der Waals surface area contributed by atoms with Crippen molar-refractivity contribution in [1.82, 2.24) is 24.9 Å². The van der Waals surface area contributed by atoms with Crippen LogP contribution in [0.25, 0.3) is 27.5 Å². The summed E-state index contributed by atoms with van der Waals surface area (Å²) in [5, 5.41) is 7.89. The smallest absolute Gasteiger partial charge is 0.408 e. The van der Waals surface area contributed by atoms with Crippen molar-refractivity contribution >= 4 is 34.3 Å². The number of esters is 1. The van der Waals surface area contributed by atoms with Crippen molar-refractivity contribution in [2.45, 2.75) is 38.8 Å². The van der Waals surface area contributed by atoms with Gasteiger partial charge in [-0.1, -0.05) is 18.2 Å². The Bertz CT molecular complexity index is 1380. The van der Waals surface area contributed by atoms with Gasteiger partial charge < -0.3 is 20.5 Å². The highest BCUT2D eigenvalue weighted by Gasteiger charge is 2.27. The molecule has 10 heteroatoms. The Morgan fingerprint density at radius 3 is 2.68 bits per heavy atom. The summed E-state index contributed by atoms with van der Waals surface area (Å²) in [7, 11) is 1.26. The first-order chi connectivity index (χ1) is 16.2. The van der Waals surface area contributed by atoms with Crippen LogP contribution in [0.15, 0.2) is 48.9 Å². The van der Waals surface area contributed by atoms with Gasteiger partial charge in [-0.15, -0.1) is 0 Å². The monoisotopic (exact) mass is 462 g/mol. The molecule has 1 aromatic carbocycles. The van der Waals surface area contributed by atoms with E-state index in [4.69, 9.17) is 15.2 Å². The van der Waals surface area contributed by atoms with Crippen LogP contribution in [0.1, 0.15) is 26.5 Å². The Hall–Kier alpha value is -4.21. The number of nitrogens with zero attached hydrogens (tertiary/aromatic N) is 4. The third-order valence-corrected chi connectivity index (χ3v) is 5.15. The van der Waals surface area contributed by atoms with Gasteiger partial charge in [0.05, 0.1) is 12.6 Å². The lowest BCUT2D eigenvalue weighted by molar-refractivity contribution is -0.143. The fourth-order valence-corrected chi connectivity index (χ4v) is 3.71. The number of amides is 1. The lowest BCUT2D eigenvalue weighted by atomic mass is 10.1. The Kier molecular flexibility index (Phi) is 6.06. The molecule has 0 aliphatic heterocycles. The molecule has 0 saturated carbocycles. The third-order valence-electron chi connectivity index (χ3n) is 5.15. The first-order valence-electron chi connectivity index (χ1n) is 10.7. The number of alkyl carbamates (subject to hydrolysis) is 1. The van der Waals surface area contributed by atoms with Gasteiger partial charge >= 0.3 is 12.1 Å². The van der Waals surface area contributed by atoms with E-state index >= 15 is 0 Å². The summed E-state index contributed by atoms with van der Waals surface area (Å²) < 4.78 is 11.8. The summed E-state index contributed by atoms with van der Waals surface area (Å²) in [5.74, 6) is -0.337. The Morgan fingerprint density at radius 1 is 1.18 bits per heavy atom. The summed E-state index contributed by atoms with van der Waals surface area (Å²) >= 11 is 0. The second-order valence-electron chi connectivity index (χ2n) is 8.80. The molecule has 3 aromatic heterocycles. The first kappa shape index (κ1) is 23.0. The molecular formula is C24H26N6O4. The average Bonchev–Trinajstić information content (AvgIpc) is 3.16. The minimum absolute atomic E-state index is 0.0878. The number of ether oxygens (including phenoxy) is 2. The number of nitrogens with one attached hydrogen (secondary N) is 1. The fourth-order valence-electron chi connectivity index (χ4n) is 3.71. The molecule has 3 heterocycles. The molecule has 176 valence electrons. The van der Waals surface area contributed by atoms with E-state index in [1.807, 2.05) is 36.4 Å². The molecule has 1 amide bonds. The molecule has 0 unspecified atom stereocenters. The van der Waals surface area contributed by atoms with Gasteiger partial charge in [-0.3, -0.25) is 4.98 Å². The number of nitrogen functional groups attached to an aromatic ring is 1. The zero-order valence-corrected chi connectivity index (χ0v) is 19.4. The highest BCUT2D eigenvalue weighted by molar-refractivity contribution is 5.92. The summed E-state index contributed by atoms with van der Waals surface area (Å²) in [6.07, 6.45) is 2.45. The van der Waals surface area contributed by atoms with E-state index in [-0.39, 0.29) is 12.2 Å². The molecule has 3 N–H and O–H groups in total. The number of hydrogen-bond donors (Lipinski definition) is 2. The minimum Gasteiger partial charge on any atom is -0.467 e. The van der Waals surface area contributed by atoms with E-state index in [1.54, 1.807) is 31.5 Å². The number of nitrogens with two attached hydrogens (primary N) is 1. The van der Waals surface area contributed by atoms with Crippen LogP contribution in [0, 0.1) is 0 Å². The third kappa shape index (κ3) is 4.75. The number of fused-ring (bicyclic) bond motifs is 2. The van der Waals surface area contributed by atoms with Crippen LogP contribution in [0.5, 0.6) is 0 Å². The van der Waals surface area contributed by atoms with E-state index < -0.39 is 23.7 Å². The molecule has 0 spiro atoms. The quantitative estimate of drug-likeness (QED) is 0.432. The second kappa shape index (κ2) is 8.97. The molecule has 1 atom stereocenters. The van der Waals surface area contributed by atoms with Gasteiger partial charge in [-0.05, 0) is 39.0 Å². The molecule has 0 aliphatic rings. The van der Waals surface area contributed by atoms with Gasteiger partial charge in [0.25, 0.3) is 0 Å². The number of methoxy groups -OCH3 is 1. The average molecular weight is 463 g/mol. The fraction of sp³-hybridized carbons (Fsp3) is 0.292. The molecule has 0 radical (unpaired) electrons. The van der Waals surface area contributed by atoms with Crippen molar-refractivity contribution in [3.63, 3.8) is 0 Å². The van der Waals surface area contributed by atoms with Crippen LogP contribution < -0.4 is 11.1 Å². The molecule has 10 nitrogen and oxygen atoms in total. The second-order valence-corrected chi connectivity index (χ2v) is 8.80. The normalized spacial score (nSPS) is 12.5. The number of benzene rings is 1. The van der Waals surface area contributed by atoms with Gasteiger partial charge in [-0.25, -0.2) is 19.1 Å². The summed E-state index contributed by atoms with van der Waals surface area (Å²) in [6, 6.07) is 10.6. The van der Waals surface area contributed by atoms with Crippen LogP contribution in [0.4, 0.5) is 10.6 Å². The van der Waals surface area contributed by atoms with Crippen LogP contribution in [0.2, 0.25) is 0 Å². The van der Waals surface area contributed by atoms with Crippen molar-refractivity contribution in [2.75, 3.05) is 12.8 Å². The Balaban J connectivity index is 1.75. The predicted octanol–water partition coefficient (Wildman–Crippen LogP) is 3.14. The number of para-hydroxylation sites is 1. The van der Waals surface area contributed by atoms with E-state index in [2.05, 4.69) is 20.4 Å². The van der Waals surface area contributed by atoms with Gasteiger partial charge in [0.2, 0.25) is 0 Å². The standard InChI is InChI=1S/C24H26N6O4/c1-24(2,3)34-23(32)29-19(22(31)33-4)11-16-10-17(20-21(25)27-13-28-30(16)20)15-9-14-7-5-6-8-18(14)26-12-15/h5-10,12-13,19H,11H2,1-4H3,(H,29,32)(H2,25,27,28)/t19-/m0/s1. The SMILES string of the molecule is COC(=O)[C@H](Cc1cc(-c2cnc3ccccc3c2)c2c(N)ncnn12)NC(=O)OC(C)(C)C. The van der Waals surface area contributed by atoms with Crippen molar-refractivity contribution in [3.8, 4) is 11.1 Å². The number of rotatable bonds is 5. The number of carbonyl (C=O) groups is 2. The largest absolute Gasteiger partial charge is 0.467 e. The molecule has 0 saturated heterocycles. The maximum absolute atomic E-state index is 12.5. The number of aromatic nitrogens is 4. The minimum atomic E-state index is -1.00. The predicted molar refractivity (Wildman–Crippen MR) is 127 cm³/mol. The van der Waals surface area contributed by atoms with Crippen molar-refractivity contribution in [3.05, 3.63) is 54.6 Å². The number of anilines is 1. The van der Waals surface area contributed by atoms with Gasteiger partial charge in [0, 0.05) is 34.8 Å². The van der Waals surface area contributed by atoms with Gasteiger partial charge in [-0.2, -0.15) is 5.10 Å². The summed E-state index contributed by atoms with van der Waals surface area (Å²) in [6.45, 7) is 5.22. The number of hydrogen-bond acceptors (Lipinski definition) is 8. The Labute approximate surface area is 196 Å². The van der Waals surface area contributed by atoms with Crippen LogP contribution in [-0.2, 0) is 20.7 Å². The van der Waals surface area contributed by atoms with Gasteiger partial charge in [0.1, 0.15) is 23.5 Å². The maximum atomic E-state index is 12.5. The first-order valence-corrected chi connectivity index (χ1v) is 10.7. The number of pyridine rings is 1. The highest BCUT2D eigenvalue weighted by atomic mass is 16.6. The molecule has 0 aliphatic carbocycles. The lowest BCUT2D eigenvalue weighted by Gasteiger charge is -2.22. The van der Waals surface area contributed by atoms with Crippen molar-refractivity contribution < 1.29 is 19.1 Å². The van der Waals surface area contributed by atoms with Crippen LogP contribution >= 0.6 is 0 Å². The van der Waals surface area contributed by atoms with Crippen molar-refractivity contribution in [1.29, 1.82) is 0 Å². The highest BCUT2D eigenvalue weighted by Crippen LogP contribution is 2.32. The molecular weight excluding hydrogens is 436 g/mol. The molecule has 4 rings (SSSR count). The van der Waals surface area contributed by atoms with E-state index in [1.165, 1.54) is 13.4 Å². The van der Waals surface area contributed by atoms with E-state index in [0.29, 0.717) is 11.2 Å². The molecule has 4 aromatic rings. The lowest BCUT2D eigenvalue weighted by Crippen LogP contribution is -2.45. The zero-order chi connectivity index (χ0) is 24.5. The summed E-state index contributed by atoms with van der Waals surface area (Å²) in [4.78, 5) is 33.5. The number of carbonyl (C=O) groups excluding carboxylic acids is 2. The van der Waals surface area contributed by atoms with Gasteiger partial charge in [0.15, 0.2) is 5.82 Å². The molecule has 34 heavy (non-hydrogen) atoms.